The molecule has 0 aliphatic rings. The molecule has 0 spiro atoms. The number of pyridine rings is 3. The number of hydrogen-bond donors (Lipinski definition) is 0. The second kappa shape index (κ2) is 8.83. The first-order chi connectivity index (χ1) is 19.3. The van der Waals surface area contributed by atoms with Gasteiger partial charge in [0.1, 0.15) is 0 Å². The lowest BCUT2D eigenvalue weighted by atomic mass is 9.94. The zero-order chi connectivity index (χ0) is 25.8. The Morgan fingerprint density at radius 2 is 1.26 bits per heavy atom. The fraction of sp³-hybridized carbons (Fsp3) is 0. The molecule has 0 fully saturated rings. The number of thiophene rings is 1. The predicted molar refractivity (Wildman–Crippen MR) is 164 cm³/mol. The van der Waals surface area contributed by atoms with Crippen LogP contribution in [0.4, 0.5) is 0 Å². The second-order valence-corrected chi connectivity index (χ2v) is 10.7. The standard InChI is InChI=1S/C35H21N3S/c1-2-9-25-22(8-1)19-20-30-33(25)32(35-34(38-30)26-10-3-4-14-31(26)39-35)24-17-15-23(16-18-24)27-12-7-13-29(37-27)28-11-5-6-21-36-28/h1-21H. The summed E-state index contributed by atoms with van der Waals surface area (Å²) < 4.78 is 2.48. The van der Waals surface area contributed by atoms with E-state index in [-0.39, 0.29) is 0 Å². The van der Waals surface area contributed by atoms with Gasteiger partial charge in [0.25, 0.3) is 0 Å². The van der Waals surface area contributed by atoms with Crippen LogP contribution in [0.3, 0.4) is 0 Å². The third kappa shape index (κ3) is 3.61. The quantitative estimate of drug-likeness (QED) is 0.220. The van der Waals surface area contributed by atoms with Crippen LogP contribution in [0, 0.1) is 0 Å². The molecule has 0 bridgehead atoms. The molecule has 0 unspecified atom stereocenters. The van der Waals surface area contributed by atoms with Crippen molar-refractivity contribution < 1.29 is 0 Å². The van der Waals surface area contributed by atoms with Crippen LogP contribution < -0.4 is 0 Å². The summed E-state index contributed by atoms with van der Waals surface area (Å²) in [7, 11) is 0. The van der Waals surface area contributed by atoms with Crippen molar-refractivity contribution in [2.45, 2.75) is 0 Å². The number of aromatic nitrogens is 3. The molecule has 8 rings (SSSR count). The maximum Gasteiger partial charge on any atom is 0.0902 e. The number of fused-ring (bicyclic) bond motifs is 6. The number of rotatable bonds is 3. The molecule has 0 radical (unpaired) electrons. The Kier molecular flexibility index (Phi) is 5.00. The van der Waals surface area contributed by atoms with E-state index in [0.29, 0.717) is 0 Å². The Labute approximate surface area is 229 Å². The molecule has 39 heavy (non-hydrogen) atoms. The van der Waals surface area contributed by atoms with Crippen LogP contribution in [-0.4, -0.2) is 15.0 Å². The van der Waals surface area contributed by atoms with Crippen LogP contribution in [-0.2, 0) is 0 Å². The zero-order valence-corrected chi connectivity index (χ0v) is 21.7. The van der Waals surface area contributed by atoms with Crippen molar-refractivity contribution in [1.82, 2.24) is 15.0 Å². The molecule has 0 aliphatic heterocycles. The maximum atomic E-state index is 5.20. The molecular weight excluding hydrogens is 494 g/mol. The number of hydrogen-bond acceptors (Lipinski definition) is 4. The monoisotopic (exact) mass is 515 g/mol. The average molecular weight is 516 g/mol. The summed E-state index contributed by atoms with van der Waals surface area (Å²) in [5.41, 5.74) is 8.27. The molecule has 0 N–H and O–H groups in total. The lowest BCUT2D eigenvalue weighted by Gasteiger charge is -2.12. The highest BCUT2D eigenvalue weighted by atomic mass is 32.1. The molecule has 0 amide bonds. The molecule has 4 heterocycles. The van der Waals surface area contributed by atoms with Gasteiger partial charge in [0.05, 0.1) is 32.8 Å². The maximum absolute atomic E-state index is 5.20. The van der Waals surface area contributed by atoms with Crippen molar-refractivity contribution in [2.24, 2.45) is 0 Å². The summed E-state index contributed by atoms with van der Waals surface area (Å²) in [4.78, 5) is 14.6. The Hall–Kier alpha value is -4.93. The molecule has 0 saturated heterocycles. The molecular formula is C35H21N3S. The Bertz CT molecular complexity index is 2160. The average Bonchev–Trinajstić information content (AvgIpc) is 3.39. The van der Waals surface area contributed by atoms with Crippen molar-refractivity contribution in [2.75, 3.05) is 0 Å². The highest BCUT2D eigenvalue weighted by Crippen LogP contribution is 2.44. The van der Waals surface area contributed by atoms with E-state index in [1.165, 1.54) is 42.1 Å². The number of benzene rings is 4. The first-order valence-corrected chi connectivity index (χ1v) is 13.8. The molecule has 0 aliphatic carbocycles. The highest BCUT2D eigenvalue weighted by molar-refractivity contribution is 7.26. The van der Waals surface area contributed by atoms with E-state index in [1.54, 1.807) is 6.20 Å². The van der Waals surface area contributed by atoms with Gasteiger partial charge < -0.3 is 0 Å². The first kappa shape index (κ1) is 22.1. The molecule has 0 saturated carbocycles. The molecule has 0 atom stereocenters. The summed E-state index contributed by atoms with van der Waals surface area (Å²) in [6.45, 7) is 0. The molecule has 4 aromatic heterocycles. The minimum atomic E-state index is 0.871. The smallest absolute Gasteiger partial charge is 0.0902 e. The molecule has 4 heteroatoms. The molecule has 4 aromatic carbocycles. The van der Waals surface area contributed by atoms with E-state index in [0.717, 1.165) is 33.7 Å². The Morgan fingerprint density at radius 1 is 0.513 bits per heavy atom. The summed E-state index contributed by atoms with van der Waals surface area (Å²) in [6.07, 6.45) is 1.80. The normalized spacial score (nSPS) is 11.6. The topological polar surface area (TPSA) is 38.7 Å². The van der Waals surface area contributed by atoms with Crippen LogP contribution in [0.15, 0.2) is 128 Å². The molecule has 8 aromatic rings. The first-order valence-electron chi connectivity index (χ1n) is 13.0. The van der Waals surface area contributed by atoms with Gasteiger partial charge in [-0.1, -0.05) is 84.9 Å². The van der Waals surface area contributed by atoms with E-state index in [9.17, 15) is 0 Å². The largest absolute Gasteiger partial charge is 0.255 e. The van der Waals surface area contributed by atoms with Gasteiger partial charge in [0.15, 0.2) is 0 Å². The van der Waals surface area contributed by atoms with Gasteiger partial charge in [-0.2, -0.15) is 0 Å². The summed E-state index contributed by atoms with van der Waals surface area (Å²) in [6, 6.07) is 42.3. The van der Waals surface area contributed by atoms with E-state index in [2.05, 4.69) is 96.0 Å². The molecule has 182 valence electrons. The summed E-state index contributed by atoms with van der Waals surface area (Å²) in [5, 5.41) is 4.86. The number of nitrogens with zero attached hydrogens (tertiary/aromatic N) is 3. The van der Waals surface area contributed by atoms with Gasteiger partial charge in [0, 0.05) is 32.8 Å². The third-order valence-corrected chi connectivity index (χ3v) is 8.51. The SMILES string of the molecule is c1ccc(-c2cccc(-c3ccc(-c4c5sc6ccccc6c5nc5ccc6ccccc6c45)cc3)n2)nc1. The summed E-state index contributed by atoms with van der Waals surface area (Å²) in [5.74, 6) is 0. The van der Waals surface area contributed by atoms with Crippen LogP contribution >= 0.6 is 11.3 Å². The Morgan fingerprint density at radius 3 is 2.13 bits per heavy atom. The molecule has 3 nitrogen and oxygen atoms in total. The Balaban J connectivity index is 1.36. The van der Waals surface area contributed by atoms with Gasteiger partial charge in [-0.05, 0) is 52.7 Å². The zero-order valence-electron chi connectivity index (χ0n) is 20.9. The van der Waals surface area contributed by atoms with Gasteiger partial charge in [-0.15, -0.1) is 11.3 Å². The van der Waals surface area contributed by atoms with Crippen LogP contribution in [0.5, 0.6) is 0 Å². The van der Waals surface area contributed by atoms with Crippen molar-refractivity contribution in [1.29, 1.82) is 0 Å². The third-order valence-electron chi connectivity index (χ3n) is 7.33. The minimum absolute atomic E-state index is 0.871. The van der Waals surface area contributed by atoms with Crippen molar-refractivity contribution >= 4 is 53.3 Å². The van der Waals surface area contributed by atoms with E-state index < -0.39 is 0 Å². The van der Waals surface area contributed by atoms with Gasteiger partial charge >= 0.3 is 0 Å². The van der Waals surface area contributed by atoms with Gasteiger partial charge in [0.2, 0.25) is 0 Å². The second-order valence-electron chi connectivity index (χ2n) is 9.64. The van der Waals surface area contributed by atoms with E-state index in [4.69, 9.17) is 9.97 Å². The van der Waals surface area contributed by atoms with Crippen LogP contribution in [0.2, 0.25) is 0 Å². The lowest BCUT2D eigenvalue weighted by Crippen LogP contribution is -1.91. The lowest BCUT2D eigenvalue weighted by molar-refractivity contribution is 1.25. The van der Waals surface area contributed by atoms with Crippen molar-refractivity contribution in [3.63, 3.8) is 0 Å². The minimum Gasteiger partial charge on any atom is -0.255 e. The van der Waals surface area contributed by atoms with Crippen LogP contribution in [0.1, 0.15) is 0 Å². The predicted octanol–water partition coefficient (Wildman–Crippen LogP) is 9.55. The highest BCUT2D eigenvalue weighted by Gasteiger charge is 2.18. The fourth-order valence-corrected chi connectivity index (χ4v) is 6.71. The van der Waals surface area contributed by atoms with E-state index >= 15 is 0 Å². The summed E-state index contributed by atoms with van der Waals surface area (Å²) >= 11 is 1.82. The van der Waals surface area contributed by atoms with Gasteiger partial charge in [-0.3, -0.25) is 4.98 Å². The van der Waals surface area contributed by atoms with Gasteiger partial charge in [-0.25, -0.2) is 9.97 Å². The van der Waals surface area contributed by atoms with Crippen LogP contribution in [0.25, 0.3) is 75.8 Å². The van der Waals surface area contributed by atoms with Crippen molar-refractivity contribution in [3.8, 4) is 33.8 Å². The van der Waals surface area contributed by atoms with Crippen molar-refractivity contribution in [3.05, 3.63) is 128 Å². The fourth-order valence-electron chi connectivity index (χ4n) is 5.50. The van der Waals surface area contributed by atoms with E-state index in [1.807, 2.05) is 41.7 Å².